The number of aryl methyl sites for hydroxylation is 3. The molecule has 3 heterocycles. The zero-order valence-corrected chi connectivity index (χ0v) is 21.2. The Morgan fingerprint density at radius 3 is 2.16 bits per heavy atom. The molecule has 0 bridgehead atoms. The molecule has 0 saturated carbocycles. The molecular formula is C21H20AtN4O4P. The van der Waals surface area contributed by atoms with Crippen LogP contribution in [0.2, 0.25) is 0 Å². The third kappa shape index (κ3) is 3.98. The number of rotatable bonds is 2. The van der Waals surface area contributed by atoms with Crippen LogP contribution in [0.1, 0.15) is 16.7 Å². The molecule has 0 aliphatic carbocycles. The van der Waals surface area contributed by atoms with E-state index in [-0.39, 0.29) is 0 Å². The normalized spacial score (nSPS) is 13.5. The minimum absolute atomic E-state index is 0.421. The number of nitrogens with zero attached hydrogens (tertiary/aromatic N) is 4. The predicted molar refractivity (Wildman–Crippen MR) is 113 cm³/mol. The van der Waals surface area contributed by atoms with E-state index >= 15 is 0 Å². The molecule has 31 heavy (non-hydrogen) atoms. The van der Waals surface area contributed by atoms with Gasteiger partial charge in [-0.3, -0.25) is 4.57 Å². The minimum Gasteiger partial charge on any atom is -0.456 e. The number of pyridine rings is 1. The average Bonchev–Trinajstić information content (AvgIpc) is 3.14. The molecule has 5 rings (SSSR count). The van der Waals surface area contributed by atoms with Crippen molar-refractivity contribution in [1.29, 1.82) is 0 Å². The average molecular weight is 633 g/mol. The Morgan fingerprint density at radius 1 is 1.00 bits per heavy atom. The maximum atomic E-state index is 14.4. The van der Waals surface area contributed by atoms with E-state index < -0.39 is 7.37 Å². The van der Waals surface area contributed by atoms with Gasteiger partial charge in [0.1, 0.15) is 17.0 Å². The summed E-state index contributed by atoms with van der Waals surface area (Å²) in [6, 6.07) is 13.0. The zero-order chi connectivity index (χ0) is 22.2. The first-order valence-electron chi connectivity index (χ1n) is 9.39. The van der Waals surface area contributed by atoms with Crippen molar-refractivity contribution in [3.63, 3.8) is 0 Å². The third-order valence-corrected chi connectivity index (χ3v) is 7.14. The third-order valence-electron chi connectivity index (χ3n) is 4.79. The van der Waals surface area contributed by atoms with E-state index in [4.69, 9.17) is 9.36 Å². The van der Waals surface area contributed by atoms with Crippen molar-refractivity contribution in [2.75, 3.05) is 7.11 Å². The molecular weight excluding hydrogens is 613 g/mol. The van der Waals surface area contributed by atoms with Gasteiger partial charge in [0.2, 0.25) is 5.65 Å². The summed E-state index contributed by atoms with van der Waals surface area (Å²) in [7, 11) is -1.91. The van der Waals surface area contributed by atoms with Gasteiger partial charge in [0.15, 0.2) is 0 Å². The van der Waals surface area contributed by atoms with Gasteiger partial charge in [-0.15, -0.1) is 5.10 Å². The van der Waals surface area contributed by atoms with Crippen LogP contribution in [-0.4, -0.2) is 27.3 Å². The predicted octanol–water partition coefficient (Wildman–Crippen LogP) is 3.31. The molecule has 0 radical (unpaired) electrons. The van der Waals surface area contributed by atoms with Crippen LogP contribution < -0.4 is 20.0 Å². The second-order valence-corrected chi connectivity index (χ2v) is 10.5. The monoisotopic (exact) mass is 633 g/mol. The fraction of sp³-hybridized carbons (Fsp3) is 0.190. The molecule has 0 N–H and O–H groups in total. The molecule has 0 amide bonds. The molecule has 0 spiro atoms. The van der Waals surface area contributed by atoms with Gasteiger partial charge in [-0.1, -0.05) is 17.0 Å². The molecule has 0 fully saturated rings. The largest absolute Gasteiger partial charge is 0.456 e. The van der Waals surface area contributed by atoms with Crippen molar-refractivity contribution in [3.8, 4) is 11.5 Å². The van der Waals surface area contributed by atoms with Gasteiger partial charge in [-0.25, -0.2) is 4.98 Å². The van der Waals surface area contributed by atoms with Crippen molar-refractivity contribution in [1.82, 2.24) is 20.1 Å². The van der Waals surface area contributed by atoms with Crippen LogP contribution in [0, 0.1) is 45.9 Å². The Balaban J connectivity index is 0.000000730. The van der Waals surface area contributed by atoms with Crippen LogP contribution in [-0.2, 0) is 7.38 Å². The molecule has 1 aliphatic heterocycles. The van der Waals surface area contributed by atoms with Gasteiger partial charge in [0.05, 0.1) is 10.6 Å². The summed E-state index contributed by atoms with van der Waals surface area (Å²) in [6.45, 7) is 5.79. The second-order valence-electron chi connectivity index (χ2n) is 7.09. The number of ether oxygens (including phenoxy) is 1. The Kier molecular flexibility index (Phi) is 6.11. The van der Waals surface area contributed by atoms with Crippen LogP contribution in [0.15, 0.2) is 48.7 Å². The Morgan fingerprint density at radius 2 is 1.58 bits per heavy atom. The molecule has 1 aliphatic rings. The van der Waals surface area contributed by atoms with E-state index in [1.165, 1.54) is 25.2 Å². The van der Waals surface area contributed by atoms with E-state index in [9.17, 15) is 4.57 Å². The van der Waals surface area contributed by atoms with E-state index in [0.717, 1.165) is 21.5 Å². The Labute approximate surface area is 195 Å². The smallest absolute Gasteiger partial charge is 0.337 e. The van der Waals surface area contributed by atoms with Gasteiger partial charge >= 0.3 is 42.5 Å². The van der Waals surface area contributed by atoms with Crippen molar-refractivity contribution < 1.29 is 41.9 Å². The number of hydrogen-bond acceptors (Lipinski definition) is 7. The Bertz CT molecular complexity index is 1270. The SMILES string of the molecule is CO[At].Cc1ccc2c(c1)P(=O)(On1nnc3c(C)ccnc31)c1cc(C)ccc1O2. The second kappa shape index (κ2) is 8.66. The van der Waals surface area contributed by atoms with Gasteiger partial charge in [0.25, 0.3) is 0 Å². The first-order valence-corrected chi connectivity index (χ1v) is 12.2. The van der Waals surface area contributed by atoms with Crippen LogP contribution in [0.3, 0.4) is 0 Å². The molecule has 2 aromatic carbocycles. The molecule has 0 atom stereocenters. The van der Waals surface area contributed by atoms with E-state index in [2.05, 4.69) is 18.1 Å². The van der Waals surface area contributed by atoms with Crippen LogP contribution in [0.5, 0.6) is 11.5 Å². The van der Waals surface area contributed by atoms with E-state index in [1.54, 1.807) is 13.3 Å². The van der Waals surface area contributed by atoms with Crippen molar-refractivity contribution in [2.24, 2.45) is 0 Å². The molecule has 2 aromatic heterocycles. The fourth-order valence-corrected chi connectivity index (χ4v) is 5.65. The molecule has 8 nitrogen and oxygen atoms in total. The summed E-state index contributed by atoms with van der Waals surface area (Å²) in [4.78, 5) is 5.47. The standard InChI is InChI=1S/C20H17N4O3P.CH3AtO/c1-12-4-6-15-17(10-12)28(25,18-11-13(2)5-7-16(18)26-15)27-24-20-19(22-23-24)14(3)8-9-21-20;1-3-2/h4-11H,1-3H3;1H3. The van der Waals surface area contributed by atoms with Crippen molar-refractivity contribution in [3.05, 3.63) is 65.4 Å². The number of benzene rings is 2. The van der Waals surface area contributed by atoms with Crippen molar-refractivity contribution >= 4 is 29.1 Å². The van der Waals surface area contributed by atoms with E-state index in [1.807, 2.05) is 63.2 Å². The van der Waals surface area contributed by atoms with E-state index in [0.29, 0.717) is 33.3 Å². The number of aromatic nitrogens is 4. The van der Waals surface area contributed by atoms with Gasteiger partial charge in [0, 0.05) is 6.20 Å². The summed E-state index contributed by atoms with van der Waals surface area (Å²) < 4.78 is 30.7. The summed E-state index contributed by atoms with van der Waals surface area (Å²) in [6.07, 6.45) is 1.65. The number of fused-ring (bicyclic) bond motifs is 3. The minimum atomic E-state index is -3.56. The molecule has 0 unspecified atom stereocenters. The molecule has 10 heteroatoms. The Hall–Kier alpha value is -2.34. The number of hydrogen-bond donors (Lipinski definition) is 0. The first-order chi connectivity index (χ1) is 14.9. The van der Waals surface area contributed by atoms with Crippen molar-refractivity contribution in [2.45, 2.75) is 20.8 Å². The maximum absolute atomic E-state index is 14.4. The summed E-state index contributed by atoms with van der Waals surface area (Å²) in [5.74, 6) is 1.03. The van der Waals surface area contributed by atoms with Crippen LogP contribution >= 0.6 is 7.37 Å². The van der Waals surface area contributed by atoms with Crippen LogP contribution in [0.4, 0.5) is 0 Å². The van der Waals surface area contributed by atoms with Gasteiger partial charge < -0.3 is 9.36 Å². The topological polar surface area (TPSA) is 88.4 Å². The van der Waals surface area contributed by atoms with Gasteiger partial charge in [-0.2, -0.15) is 0 Å². The zero-order valence-electron chi connectivity index (χ0n) is 17.4. The maximum Gasteiger partial charge on any atom is 0.337 e. The summed E-state index contributed by atoms with van der Waals surface area (Å²) >= 11 is 1.32. The fourth-order valence-electron chi connectivity index (χ4n) is 3.32. The first kappa shape index (κ1) is 21.9. The summed E-state index contributed by atoms with van der Waals surface area (Å²) in [5.41, 5.74) is 3.86. The van der Waals surface area contributed by atoms with Crippen LogP contribution in [0.25, 0.3) is 11.2 Å². The quantitative estimate of drug-likeness (QED) is 0.313. The molecule has 4 aromatic rings. The molecule has 0 saturated heterocycles. The summed E-state index contributed by atoms with van der Waals surface area (Å²) in [5, 5.41) is 9.19. The molecule has 160 valence electrons. The van der Waals surface area contributed by atoms with Gasteiger partial charge in [-0.05, 0) is 73.0 Å².